The molecule has 2 atom stereocenters. The molecule has 29 heavy (non-hydrogen) atoms. The van der Waals surface area contributed by atoms with Gasteiger partial charge in [-0.1, -0.05) is 0 Å². The molecule has 150 valence electrons. The minimum atomic E-state index is -0.507. The summed E-state index contributed by atoms with van der Waals surface area (Å²) in [7, 11) is 1.66. The Morgan fingerprint density at radius 3 is 2.59 bits per heavy atom. The monoisotopic (exact) mass is 391 g/mol. The van der Waals surface area contributed by atoms with Crippen LogP contribution in [0.15, 0.2) is 36.7 Å². The van der Waals surface area contributed by atoms with Crippen LogP contribution in [0.1, 0.15) is 38.5 Å². The molecule has 4 bridgehead atoms. The molecular weight excluding hydrogens is 366 g/mol. The summed E-state index contributed by atoms with van der Waals surface area (Å²) in [5.41, 5.74) is 2.95. The SMILES string of the molecule is COc1ccc(-c2cc(NC34CC5CC(CC(O)(C5)C3)C4)c3nncn3n2)cc1. The Morgan fingerprint density at radius 1 is 1.14 bits per heavy atom. The van der Waals surface area contributed by atoms with E-state index in [1.54, 1.807) is 18.0 Å². The third-order valence-corrected chi connectivity index (χ3v) is 7.08. The van der Waals surface area contributed by atoms with Gasteiger partial charge in [0.25, 0.3) is 0 Å². The quantitative estimate of drug-likeness (QED) is 0.710. The van der Waals surface area contributed by atoms with E-state index in [0.29, 0.717) is 11.8 Å². The van der Waals surface area contributed by atoms with Gasteiger partial charge in [-0.15, -0.1) is 10.2 Å². The number of rotatable bonds is 4. The molecule has 2 aromatic heterocycles. The maximum atomic E-state index is 11.1. The molecule has 1 aromatic carbocycles. The van der Waals surface area contributed by atoms with Crippen molar-refractivity contribution in [1.82, 2.24) is 19.8 Å². The number of fused-ring (bicyclic) bond motifs is 1. The lowest BCUT2D eigenvalue weighted by Gasteiger charge is -2.60. The fraction of sp³-hybridized carbons (Fsp3) is 0.500. The number of anilines is 1. The summed E-state index contributed by atoms with van der Waals surface area (Å²) >= 11 is 0. The van der Waals surface area contributed by atoms with E-state index in [9.17, 15) is 5.11 Å². The molecule has 0 spiro atoms. The molecule has 4 fully saturated rings. The van der Waals surface area contributed by atoms with Gasteiger partial charge in [-0.3, -0.25) is 0 Å². The third kappa shape index (κ3) is 2.79. The average molecular weight is 391 g/mol. The van der Waals surface area contributed by atoms with Crippen LogP contribution < -0.4 is 10.1 Å². The molecule has 4 aliphatic carbocycles. The molecule has 3 aromatic rings. The van der Waals surface area contributed by atoms with Crippen LogP contribution in [0.25, 0.3) is 16.9 Å². The number of hydrogen-bond donors (Lipinski definition) is 2. The van der Waals surface area contributed by atoms with Crippen LogP contribution in [-0.4, -0.2) is 43.2 Å². The van der Waals surface area contributed by atoms with Gasteiger partial charge in [-0.2, -0.15) is 9.61 Å². The van der Waals surface area contributed by atoms with Gasteiger partial charge in [0.15, 0.2) is 0 Å². The van der Waals surface area contributed by atoms with E-state index in [1.807, 2.05) is 24.3 Å². The van der Waals surface area contributed by atoms with Crippen molar-refractivity contribution in [3.05, 3.63) is 36.7 Å². The van der Waals surface area contributed by atoms with Gasteiger partial charge in [0.1, 0.15) is 12.1 Å². The van der Waals surface area contributed by atoms with Crippen LogP contribution in [-0.2, 0) is 0 Å². The Kier molecular flexibility index (Phi) is 3.51. The summed E-state index contributed by atoms with van der Waals surface area (Å²) in [4.78, 5) is 0. The Hall–Kier alpha value is -2.67. The van der Waals surface area contributed by atoms with E-state index in [2.05, 4.69) is 21.6 Å². The molecule has 7 nitrogen and oxygen atoms in total. The number of hydrogen-bond acceptors (Lipinski definition) is 6. The van der Waals surface area contributed by atoms with E-state index in [0.717, 1.165) is 60.4 Å². The molecule has 0 aliphatic heterocycles. The van der Waals surface area contributed by atoms with Gasteiger partial charge < -0.3 is 15.2 Å². The minimum absolute atomic E-state index is 0.0657. The van der Waals surface area contributed by atoms with E-state index in [-0.39, 0.29) is 5.54 Å². The topological polar surface area (TPSA) is 84.6 Å². The minimum Gasteiger partial charge on any atom is -0.497 e. The second kappa shape index (κ2) is 5.92. The molecule has 7 rings (SSSR count). The lowest BCUT2D eigenvalue weighted by Crippen LogP contribution is -2.62. The number of methoxy groups -OCH3 is 1. The van der Waals surface area contributed by atoms with Crippen molar-refractivity contribution in [3.8, 4) is 17.0 Å². The first-order valence-corrected chi connectivity index (χ1v) is 10.4. The fourth-order valence-electron chi connectivity index (χ4n) is 6.47. The first-order chi connectivity index (χ1) is 14.0. The van der Waals surface area contributed by atoms with Gasteiger partial charge in [-0.05, 0) is 80.7 Å². The number of benzene rings is 1. The summed E-state index contributed by atoms with van der Waals surface area (Å²) in [6, 6.07) is 9.96. The number of nitrogens with one attached hydrogen (secondary N) is 1. The Labute approximate surface area is 169 Å². The summed E-state index contributed by atoms with van der Waals surface area (Å²) in [6.07, 6.45) is 7.87. The highest BCUT2D eigenvalue weighted by Crippen LogP contribution is 2.58. The number of ether oxygens (including phenoxy) is 1. The van der Waals surface area contributed by atoms with E-state index >= 15 is 0 Å². The predicted octanol–water partition coefficient (Wildman–Crippen LogP) is 3.30. The average Bonchev–Trinajstić information content (AvgIpc) is 3.15. The standard InChI is InChI=1S/C22H25N5O2/c1-29-17-4-2-16(3-5-17)18-7-19(20-25-23-13-27(20)26-18)24-21-8-14-6-15(9-21)11-22(28,10-14)12-21/h2-5,7,13-15,24,28H,6,8-12H2,1H3. The van der Waals surface area contributed by atoms with Crippen LogP contribution in [0.3, 0.4) is 0 Å². The lowest BCUT2D eigenvalue weighted by molar-refractivity contribution is -0.127. The summed E-state index contributed by atoms with van der Waals surface area (Å²) in [6.45, 7) is 0. The van der Waals surface area contributed by atoms with Crippen LogP contribution in [0.2, 0.25) is 0 Å². The highest BCUT2D eigenvalue weighted by atomic mass is 16.5. The Balaban J connectivity index is 1.40. The molecule has 4 aliphatic rings. The van der Waals surface area contributed by atoms with E-state index in [1.165, 1.54) is 6.42 Å². The van der Waals surface area contributed by atoms with Crippen LogP contribution >= 0.6 is 0 Å². The van der Waals surface area contributed by atoms with Crippen molar-refractivity contribution in [3.63, 3.8) is 0 Å². The zero-order valence-corrected chi connectivity index (χ0v) is 16.5. The molecule has 0 radical (unpaired) electrons. The molecule has 0 amide bonds. The van der Waals surface area contributed by atoms with Crippen molar-refractivity contribution in [2.75, 3.05) is 12.4 Å². The highest BCUT2D eigenvalue weighted by molar-refractivity contribution is 5.74. The predicted molar refractivity (Wildman–Crippen MR) is 109 cm³/mol. The zero-order chi connectivity index (χ0) is 19.6. The van der Waals surface area contributed by atoms with Crippen molar-refractivity contribution < 1.29 is 9.84 Å². The summed E-state index contributed by atoms with van der Waals surface area (Å²) in [5.74, 6) is 2.05. The number of aromatic nitrogens is 4. The largest absolute Gasteiger partial charge is 0.497 e. The molecule has 4 saturated carbocycles. The first-order valence-electron chi connectivity index (χ1n) is 10.4. The second-order valence-corrected chi connectivity index (χ2v) is 9.36. The Bertz CT molecular complexity index is 1060. The van der Waals surface area contributed by atoms with Crippen molar-refractivity contribution >= 4 is 11.3 Å². The van der Waals surface area contributed by atoms with E-state index < -0.39 is 5.60 Å². The maximum absolute atomic E-state index is 11.1. The van der Waals surface area contributed by atoms with Gasteiger partial charge in [0, 0.05) is 11.1 Å². The zero-order valence-electron chi connectivity index (χ0n) is 16.5. The molecular formula is C22H25N5O2. The smallest absolute Gasteiger partial charge is 0.200 e. The lowest BCUT2D eigenvalue weighted by atomic mass is 9.51. The van der Waals surface area contributed by atoms with Crippen molar-refractivity contribution in [1.29, 1.82) is 0 Å². The maximum Gasteiger partial charge on any atom is 0.200 e. The molecule has 7 heteroatoms. The molecule has 2 unspecified atom stereocenters. The molecule has 2 N–H and O–H groups in total. The fourth-order valence-corrected chi connectivity index (χ4v) is 6.47. The third-order valence-electron chi connectivity index (χ3n) is 7.08. The number of aliphatic hydroxyl groups is 1. The normalized spacial score (nSPS) is 32.6. The van der Waals surface area contributed by atoms with Crippen molar-refractivity contribution in [2.45, 2.75) is 49.7 Å². The summed E-state index contributed by atoms with van der Waals surface area (Å²) < 4.78 is 7.01. The molecule has 0 saturated heterocycles. The van der Waals surface area contributed by atoms with Gasteiger partial charge in [0.05, 0.1) is 24.1 Å². The first kappa shape index (κ1) is 17.2. The van der Waals surface area contributed by atoms with E-state index in [4.69, 9.17) is 9.84 Å². The summed E-state index contributed by atoms with van der Waals surface area (Å²) in [5, 5.41) is 28.0. The van der Waals surface area contributed by atoms with Crippen molar-refractivity contribution in [2.24, 2.45) is 11.8 Å². The molecule has 2 heterocycles. The van der Waals surface area contributed by atoms with Crippen LogP contribution in [0.5, 0.6) is 5.75 Å². The van der Waals surface area contributed by atoms with Crippen LogP contribution in [0, 0.1) is 11.8 Å². The van der Waals surface area contributed by atoms with Gasteiger partial charge in [-0.25, -0.2) is 0 Å². The number of nitrogens with zero attached hydrogens (tertiary/aromatic N) is 4. The highest BCUT2D eigenvalue weighted by Gasteiger charge is 2.57. The second-order valence-electron chi connectivity index (χ2n) is 9.36. The van der Waals surface area contributed by atoms with Gasteiger partial charge in [0.2, 0.25) is 5.65 Å². The Morgan fingerprint density at radius 2 is 1.90 bits per heavy atom. The van der Waals surface area contributed by atoms with Crippen LogP contribution in [0.4, 0.5) is 5.69 Å². The van der Waals surface area contributed by atoms with Gasteiger partial charge >= 0.3 is 0 Å².